The van der Waals surface area contributed by atoms with E-state index in [0.29, 0.717) is 19.0 Å². The molecule has 0 spiro atoms. The molecule has 0 radical (unpaired) electrons. The Bertz CT molecular complexity index is 572. The molecule has 6 heteroatoms. The Kier molecular flexibility index (Phi) is 5.83. The van der Waals surface area contributed by atoms with Gasteiger partial charge in [0.1, 0.15) is 0 Å². The lowest BCUT2D eigenvalue weighted by Crippen LogP contribution is -2.31. The molecule has 0 aromatic heterocycles. The summed E-state index contributed by atoms with van der Waals surface area (Å²) >= 11 is 0. The van der Waals surface area contributed by atoms with Crippen LogP contribution in [0.25, 0.3) is 0 Å². The van der Waals surface area contributed by atoms with E-state index in [4.69, 9.17) is 5.11 Å². The van der Waals surface area contributed by atoms with E-state index in [9.17, 15) is 8.42 Å². The summed E-state index contributed by atoms with van der Waals surface area (Å²) in [6.07, 6.45) is 2.40. The van der Waals surface area contributed by atoms with E-state index < -0.39 is 10.0 Å². The lowest BCUT2D eigenvalue weighted by molar-refractivity contribution is 0.257. The summed E-state index contributed by atoms with van der Waals surface area (Å²) in [5.41, 5.74) is 1.87. The number of aliphatic hydroxyl groups is 1. The second kappa shape index (κ2) is 7.44. The molecule has 5 nitrogen and oxygen atoms in total. The van der Waals surface area contributed by atoms with Gasteiger partial charge in [-0.05, 0) is 43.9 Å². The Morgan fingerprint density at radius 3 is 2.50 bits per heavy atom. The van der Waals surface area contributed by atoms with Crippen LogP contribution in [0, 0.1) is 0 Å². The summed E-state index contributed by atoms with van der Waals surface area (Å²) in [5.74, 6) is 0.242. The zero-order chi connectivity index (χ0) is 16.2. The molecule has 1 fully saturated rings. The van der Waals surface area contributed by atoms with Crippen molar-refractivity contribution in [1.29, 1.82) is 0 Å². The van der Waals surface area contributed by atoms with Gasteiger partial charge in [0.15, 0.2) is 0 Å². The molecule has 2 rings (SSSR count). The first kappa shape index (κ1) is 17.2. The first-order valence-electron chi connectivity index (χ1n) is 7.95. The fourth-order valence-electron chi connectivity index (χ4n) is 2.87. The normalized spacial score (nSPS) is 20.0. The molecule has 1 aliphatic rings. The van der Waals surface area contributed by atoms with E-state index >= 15 is 0 Å². The number of hydrogen-bond acceptors (Lipinski definition) is 4. The van der Waals surface area contributed by atoms with Gasteiger partial charge in [-0.2, -0.15) is 0 Å². The molecule has 0 amide bonds. The van der Waals surface area contributed by atoms with Crippen molar-refractivity contribution in [2.24, 2.45) is 0 Å². The minimum atomic E-state index is -3.11. The van der Waals surface area contributed by atoms with Crippen LogP contribution in [0.4, 0.5) is 5.69 Å². The highest BCUT2D eigenvalue weighted by atomic mass is 32.2. The third kappa shape index (κ3) is 4.00. The van der Waals surface area contributed by atoms with Crippen molar-refractivity contribution in [2.45, 2.75) is 45.2 Å². The molecule has 0 aliphatic carbocycles. The number of nitrogens with one attached hydrogen (secondary N) is 1. The van der Waals surface area contributed by atoms with Gasteiger partial charge in [-0.3, -0.25) is 4.31 Å². The Hall–Kier alpha value is -1.11. The van der Waals surface area contributed by atoms with E-state index in [1.54, 1.807) is 0 Å². The van der Waals surface area contributed by atoms with E-state index in [1.807, 2.05) is 24.3 Å². The van der Waals surface area contributed by atoms with Crippen molar-refractivity contribution >= 4 is 15.7 Å². The summed E-state index contributed by atoms with van der Waals surface area (Å²) in [7, 11) is -3.11. The van der Waals surface area contributed by atoms with Gasteiger partial charge in [0.2, 0.25) is 10.0 Å². The number of benzene rings is 1. The van der Waals surface area contributed by atoms with E-state index in [-0.39, 0.29) is 18.4 Å². The predicted molar refractivity (Wildman–Crippen MR) is 89.5 cm³/mol. The third-order valence-electron chi connectivity index (χ3n) is 4.24. The molecule has 2 N–H and O–H groups in total. The number of nitrogens with zero attached hydrogens (tertiary/aromatic N) is 1. The van der Waals surface area contributed by atoms with Crippen LogP contribution >= 0.6 is 0 Å². The summed E-state index contributed by atoms with van der Waals surface area (Å²) in [4.78, 5) is 0. The van der Waals surface area contributed by atoms with E-state index in [0.717, 1.165) is 24.1 Å². The summed E-state index contributed by atoms with van der Waals surface area (Å²) in [5, 5.41) is 12.6. The van der Waals surface area contributed by atoms with E-state index in [2.05, 4.69) is 19.2 Å². The molecule has 2 unspecified atom stereocenters. The van der Waals surface area contributed by atoms with Crippen LogP contribution in [0.5, 0.6) is 0 Å². The van der Waals surface area contributed by atoms with Crippen molar-refractivity contribution in [3.63, 3.8) is 0 Å². The van der Waals surface area contributed by atoms with Crippen LogP contribution in [-0.2, 0) is 10.0 Å². The average molecular weight is 326 g/mol. The molecule has 1 aromatic carbocycles. The number of rotatable bonds is 7. The Balaban J connectivity index is 2.05. The van der Waals surface area contributed by atoms with Gasteiger partial charge in [0.25, 0.3) is 0 Å². The molecular weight excluding hydrogens is 300 g/mol. The van der Waals surface area contributed by atoms with Gasteiger partial charge in [0, 0.05) is 25.2 Å². The molecular formula is C16H26N2O3S. The molecule has 1 aliphatic heterocycles. The molecule has 22 heavy (non-hydrogen) atoms. The maximum Gasteiger partial charge on any atom is 0.235 e. The van der Waals surface area contributed by atoms with Crippen LogP contribution in [-0.4, -0.2) is 38.5 Å². The largest absolute Gasteiger partial charge is 0.396 e. The lowest BCUT2D eigenvalue weighted by Gasteiger charge is -2.23. The highest BCUT2D eigenvalue weighted by molar-refractivity contribution is 7.93. The lowest BCUT2D eigenvalue weighted by atomic mass is 10.0. The number of aliphatic hydroxyl groups excluding tert-OH is 1. The monoisotopic (exact) mass is 326 g/mol. The Morgan fingerprint density at radius 2 is 2.00 bits per heavy atom. The van der Waals surface area contributed by atoms with Crippen molar-refractivity contribution in [2.75, 3.05) is 23.2 Å². The van der Waals surface area contributed by atoms with Gasteiger partial charge in [0.05, 0.1) is 11.4 Å². The minimum Gasteiger partial charge on any atom is -0.396 e. The first-order valence-corrected chi connectivity index (χ1v) is 9.56. The van der Waals surface area contributed by atoms with Crippen LogP contribution < -0.4 is 9.62 Å². The maximum atomic E-state index is 11.9. The van der Waals surface area contributed by atoms with Crippen LogP contribution in [0.2, 0.25) is 0 Å². The summed E-state index contributed by atoms with van der Waals surface area (Å²) < 4.78 is 25.3. The van der Waals surface area contributed by atoms with Gasteiger partial charge in [-0.25, -0.2) is 8.42 Å². The van der Waals surface area contributed by atoms with Gasteiger partial charge >= 0.3 is 0 Å². The van der Waals surface area contributed by atoms with Crippen molar-refractivity contribution in [3.05, 3.63) is 29.8 Å². The quantitative estimate of drug-likeness (QED) is 0.804. The molecule has 1 aromatic rings. The Labute approximate surface area is 133 Å². The fraction of sp³-hybridized carbons (Fsp3) is 0.625. The van der Waals surface area contributed by atoms with Gasteiger partial charge in [-0.15, -0.1) is 0 Å². The summed E-state index contributed by atoms with van der Waals surface area (Å²) in [6.45, 7) is 4.94. The fourth-order valence-corrected chi connectivity index (χ4v) is 4.43. The zero-order valence-electron chi connectivity index (χ0n) is 13.3. The molecule has 1 saturated heterocycles. The Morgan fingerprint density at radius 1 is 1.32 bits per heavy atom. The van der Waals surface area contributed by atoms with Crippen molar-refractivity contribution in [3.8, 4) is 0 Å². The predicted octanol–water partition coefficient (Wildman–Crippen LogP) is 2.04. The third-order valence-corrected chi connectivity index (χ3v) is 6.11. The molecule has 0 bridgehead atoms. The molecule has 2 atom stereocenters. The topological polar surface area (TPSA) is 69.6 Å². The zero-order valence-corrected chi connectivity index (χ0v) is 14.1. The SMILES string of the molecule is CCC(CCO)NC(C)c1ccc(N2CCCS2(=O)=O)cc1. The van der Waals surface area contributed by atoms with Gasteiger partial charge < -0.3 is 10.4 Å². The van der Waals surface area contributed by atoms with Crippen molar-refractivity contribution in [1.82, 2.24) is 5.32 Å². The maximum absolute atomic E-state index is 11.9. The first-order chi connectivity index (χ1) is 10.5. The molecule has 1 heterocycles. The average Bonchev–Trinajstić information content (AvgIpc) is 2.86. The second-order valence-electron chi connectivity index (χ2n) is 5.84. The number of hydrogen-bond donors (Lipinski definition) is 2. The summed E-state index contributed by atoms with van der Waals surface area (Å²) in [6, 6.07) is 8.17. The number of anilines is 1. The van der Waals surface area contributed by atoms with Crippen LogP contribution in [0.15, 0.2) is 24.3 Å². The molecule has 0 saturated carbocycles. The number of sulfonamides is 1. The van der Waals surface area contributed by atoms with Crippen LogP contribution in [0.1, 0.15) is 44.7 Å². The highest BCUT2D eigenvalue weighted by Crippen LogP contribution is 2.25. The second-order valence-corrected chi connectivity index (χ2v) is 7.85. The van der Waals surface area contributed by atoms with Gasteiger partial charge in [-0.1, -0.05) is 19.1 Å². The molecule has 124 valence electrons. The van der Waals surface area contributed by atoms with Crippen molar-refractivity contribution < 1.29 is 13.5 Å². The standard InChI is InChI=1S/C16H26N2O3S/c1-3-15(9-11-19)17-13(2)14-5-7-16(8-6-14)18-10-4-12-22(18,20)21/h5-8,13,15,17,19H,3-4,9-12H2,1-2H3. The minimum absolute atomic E-state index is 0.167. The smallest absolute Gasteiger partial charge is 0.235 e. The highest BCUT2D eigenvalue weighted by Gasteiger charge is 2.28. The van der Waals surface area contributed by atoms with E-state index in [1.165, 1.54) is 4.31 Å². The van der Waals surface area contributed by atoms with Crippen LogP contribution in [0.3, 0.4) is 0 Å².